The fraction of sp³-hybridized carbons (Fsp3) is 0.588. The van der Waals surface area contributed by atoms with Crippen molar-refractivity contribution in [3.63, 3.8) is 0 Å². The molecule has 1 heterocycles. The number of morpholine rings is 1. The molecule has 1 aromatic carbocycles. The Morgan fingerprint density at radius 3 is 2.57 bits per heavy atom. The number of carbonyl (C=O) groups is 1. The minimum absolute atomic E-state index is 0.169. The highest BCUT2D eigenvalue weighted by Crippen LogP contribution is 2.33. The number of nitrogens with two attached hydrogens (primary N) is 1. The topological polar surface area (TPSA) is 145 Å². The van der Waals surface area contributed by atoms with Crippen LogP contribution in [0.25, 0.3) is 0 Å². The summed E-state index contributed by atoms with van der Waals surface area (Å²) >= 11 is 0. The molecule has 1 amide bonds. The van der Waals surface area contributed by atoms with Crippen LogP contribution in [0.3, 0.4) is 0 Å². The van der Waals surface area contributed by atoms with E-state index >= 15 is 0 Å². The SMILES string of the molecule is NC(=O)C1CCCCC1Nc1ccc([N+](=O)[O-])cc1S(=O)(=O)N1CCOCC1. The van der Waals surface area contributed by atoms with Crippen molar-refractivity contribution in [1.82, 2.24) is 4.31 Å². The highest BCUT2D eigenvalue weighted by Gasteiger charge is 2.34. The van der Waals surface area contributed by atoms with Crippen LogP contribution in [-0.2, 0) is 19.6 Å². The number of sulfonamides is 1. The molecule has 1 aliphatic carbocycles. The van der Waals surface area contributed by atoms with Crippen molar-refractivity contribution in [2.24, 2.45) is 11.7 Å². The Labute approximate surface area is 163 Å². The molecule has 2 aliphatic rings. The third-order valence-electron chi connectivity index (χ3n) is 5.24. The molecule has 28 heavy (non-hydrogen) atoms. The van der Waals surface area contributed by atoms with Crippen LogP contribution < -0.4 is 11.1 Å². The van der Waals surface area contributed by atoms with Crippen LogP contribution in [0.1, 0.15) is 25.7 Å². The molecule has 1 aromatic rings. The first kappa shape index (κ1) is 20.5. The number of nitro groups is 1. The van der Waals surface area contributed by atoms with Crippen LogP contribution >= 0.6 is 0 Å². The molecule has 1 aliphatic heterocycles. The van der Waals surface area contributed by atoms with Crippen molar-refractivity contribution in [3.8, 4) is 0 Å². The Hall–Kier alpha value is -2.24. The Balaban J connectivity index is 1.98. The number of primary amides is 1. The van der Waals surface area contributed by atoms with Gasteiger partial charge in [-0.2, -0.15) is 4.31 Å². The average Bonchev–Trinajstić information content (AvgIpc) is 2.69. The van der Waals surface area contributed by atoms with Gasteiger partial charge in [0.1, 0.15) is 4.90 Å². The van der Waals surface area contributed by atoms with E-state index in [9.17, 15) is 23.3 Å². The number of carbonyl (C=O) groups excluding carboxylic acids is 1. The number of ether oxygens (including phenoxy) is 1. The van der Waals surface area contributed by atoms with Gasteiger partial charge in [0.25, 0.3) is 5.69 Å². The second kappa shape index (κ2) is 8.41. The maximum Gasteiger partial charge on any atom is 0.270 e. The Bertz CT molecular complexity index is 853. The van der Waals surface area contributed by atoms with Gasteiger partial charge in [-0.15, -0.1) is 0 Å². The van der Waals surface area contributed by atoms with E-state index in [1.54, 1.807) is 0 Å². The lowest BCUT2D eigenvalue weighted by atomic mass is 9.84. The number of nitro benzene ring substituents is 1. The molecule has 0 bridgehead atoms. The molecule has 154 valence electrons. The third kappa shape index (κ3) is 4.26. The number of benzene rings is 1. The second-order valence-electron chi connectivity index (χ2n) is 7.00. The first-order valence-electron chi connectivity index (χ1n) is 9.23. The number of nitrogens with one attached hydrogen (secondary N) is 1. The monoisotopic (exact) mass is 412 g/mol. The predicted molar refractivity (Wildman–Crippen MR) is 101 cm³/mol. The van der Waals surface area contributed by atoms with Crippen LogP contribution in [0.4, 0.5) is 11.4 Å². The first-order chi connectivity index (χ1) is 13.3. The van der Waals surface area contributed by atoms with Gasteiger partial charge in [0.2, 0.25) is 15.9 Å². The van der Waals surface area contributed by atoms with E-state index in [0.29, 0.717) is 12.8 Å². The Morgan fingerprint density at radius 1 is 1.25 bits per heavy atom. The minimum Gasteiger partial charge on any atom is -0.380 e. The molecule has 3 rings (SSSR count). The number of rotatable bonds is 6. The third-order valence-corrected chi connectivity index (χ3v) is 7.17. The van der Waals surface area contributed by atoms with E-state index < -0.39 is 26.8 Å². The summed E-state index contributed by atoms with van der Waals surface area (Å²) in [7, 11) is -3.97. The minimum atomic E-state index is -3.97. The van der Waals surface area contributed by atoms with E-state index in [4.69, 9.17) is 10.5 Å². The van der Waals surface area contributed by atoms with Crippen molar-refractivity contribution < 1.29 is 22.9 Å². The molecule has 2 fully saturated rings. The smallest absolute Gasteiger partial charge is 0.270 e. The van der Waals surface area contributed by atoms with Crippen molar-refractivity contribution in [1.29, 1.82) is 0 Å². The Morgan fingerprint density at radius 2 is 1.93 bits per heavy atom. The van der Waals surface area contributed by atoms with Gasteiger partial charge in [-0.1, -0.05) is 12.8 Å². The highest BCUT2D eigenvalue weighted by atomic mass is 32.2. The molecule has 11 heteroatoms. The van der Waals surface area contributed by atoms with Crippen molar-refractivity contribution in [2.75, 3.05) is 31.6 Å². The largest absolute Gasteiger partial charge is 0.380 e. The summed E-state index contributed by atoms with van der Waals surface area (Å²) < 4.78 is 32.8. The zero-order valence-electron chi connectivity index (χ0n) is 15.4. The number of anilines is 1. The van der Waals surface area contributed by atoms with Crippen molar-refractivity contribution in [2.45, 2.75) is 36.6 Å². The van der Waals surface area contributed by atoms with E-state index in [-0.39, 0.29) is 48.6 Å². The van der Waals surface area contributed by atoms with Crippen LogP contribution in [0.5, 0.6) is 0 Å². The van der Waals surface area contributed by atoms with E-state index in [0.717, 1.165) is 18.9 Å². The fourth-order valence-electron chi connectivity index (χ4n) is 3.73. The lowest BCUT2D eigenvalue weighted by molar-refractivity contribution is -0.385. The maximum absolute atomic E-state index is 13.2. The molecule has 0 aromatic heterocycles. The van der Waals surface area contributed by atoms with E-state index in [1.807, 2.05) is 0 Å². The van der Waals surface area contributed by atoms with Gasteiger partial charge < -0.3 is 15.8 Å². The van der Waals surface area contributed by atoms with Gasteiger partial charge in [-0.25, -0.2) is 8.42 Å². The van der Waals surface area contributed by atoms with Crippen molar-refractivity contribution in [3.05, 3.63) is 28.3 Å². The number of amides is 1. The van der Waals surface area contributed by atoms with Gasteiger partial charge >= 0.3 is 0 Å². The molecular formula is C17H24N4O6S. The zero-order valence-corrected chi connectivity index (χ0v) is 16.2. The summed E-state index contributed by atoms with van der Waals surface area (Å²) in [6.07, 6.45) is 3.07. The van der Waals surface area contributed by atoms with Crippen molar-refractivity contribution >= 4 is 27.3 Å². The molecule has 2 atom stereocenters. The van der Waals surface area contributed by atoms with Crippen LogP contribution in [0.2, 0.25) is 0 Å². The number of hydrogen-bond acceptors (Lipinski definition) is 7. The molecule has 1 saturated heterocycles. The van der Waals surface area contributed by atoms with Gasteiger partial charge in [0.15, 0.2) is 0 Å². The van der Waals surface area contributed by atoms with Gasteiger partial charge in [0, 0.05) is 31.3 Å². The number of non-ortho nitro benzene ring substituents is 1. The quantitative estimate of drug-likeness (QED) is 0.525. The summed E-state index contributed by atoms with van der Waals surface area (Å²) in [6, 6.07) is 3.39. The molecule has 1 saturated carbocycles. The van der Waals surface area contributed by atoms with Crippen LogP contribution in [0.15, 0.2) is 23.1 Å². The molecule has 2 unspecified atom stereocenters. The average molecular weight is 412 g/mol. The standard InChI is InChI=1S/C17H24N4O6S/c18-17(22)13-3-1-2-4-14(13)19-15-6-5-12(21(23)24)11-16(15)28(25,26)20-7-9-27-10-8-20/h5-6,11,13-14,19H,1-4,7-10H2,(H2,18,22). The summed E-state index contributed by atoms with van der Waals surface area (Å²) in [6.45, 7) is 0.891. The first-order valence-corrected chi connectivity index (χ1v) is 10.7. The number of nitrogens with zero attached hydrogens (tertiary/aromatic N) is 2. The molecule has 10 nitrogen and oxygen atoms in total. The van der Waals surface area contributed by atoms with E-state index in [1.165, 1.54) is 16.4 Å². The normalized spacial score (nSPS) is 23.9. The summed E-state index contributed by atoms with van der Waals surface area (Å²) in [5.41, 5.74) is 5.44. The summed E-state index contributed by atoms with van der Waals surface area (Å²) in [5.74, 6) is -0.848. The van der Waals surface area contributed by atoms with Crippen LogP contribution in [-0.4, -0.2) is 55.9 Å². The fourth-order valence-corrected chi connectivity index (χ4v) is 5.31. The van der Waals surface area contributed by atoms with Gasteiger partial charge in [-0.05, 0) is 18.9 Å². The molecule has 0 radical (unpaired) electrons. The second-order valence-corrected chi connectivity index (χ2v) is 8.90. The number of hydrogen-bond donors (Lipinski definition) is 2. The lowest BCUT2D eigenvalue weighted by Gasteiger charge is -2.32. The van der Waals surface area contributed by atoms with Crippen LogP contribution in [0, 0.1) is 16.0 Å². The van der Waals surface area contributed by atoms with Gasteiger partial charge in [0.05, 0.1) is 29.7 Å². The maximum atomic E-state index is 13.2. The van der Waals surface area contributed by atoms with E-state index in [2.05, 4.69) is 5.32 Å². The predicted octanol–water partition coefficient (Wildman–Crippen LogP) is 1.07. The lowest BCUT2D eigenvalue weighted by Crippen LogP contribution is -2.42. The zero-order chi connectivity index (χ0) is 20.3. The summed E-state index contributed by atoms with van der Waals surface area (Å²) in [4.78, 5) is 22.2. The Kier molecular flexibility index (Phi) is 6.16. The molecule has 0 spiro atoms. The van der Waals surface area contributed by atoms with Gasteiger partial charge in [-0.3, -0.25) is 14.9 Å². The highest BCUT2D eigenvalue weighted by molar-refractivity contribution is 7.89. The summed E-state index contributed by atoms with van der Waals surface area (Å²) in [5, 5.41) is 14.3. The molecule has 3 N–H and O–H groups in total. The molecular weight excluding hydrogens is 388 g/mol.